The zero-order valence-electron chi connectivity index (χ0n) is 15.7. The van der Waals surface area contributed by atoms with Crippen molar-refractivity contribution >= 4 is 22.7 Å². The first kappa shape index (κ1) is 18.7. The number of benzene rings is 2. The van der Waals surface area contributed by atoms with E-state index in [1.165, 1.54) is 12.5 Å². The van der Waals surface area contributed by atoms with E-state index in [2.05, 4.69) is 22.5 Å². The van der Waals surface area contributed by atoms with E-state index in [0.29, 0.717) is 13.0 Å². The molecule has 3 aromatic rings. The molecule has 2 aromatic carbocycles. The predicted molar refractivity (Wildman–Crippen MR) is 107 cm³/mol. The second-order valence-corrected chi connectivity index (χ2v) is 6.87. The zero-order chi connectivity index (χ0) is 19.2. The normalized spacial score (nSPS) is 13.1. The Bertz CT molecular complexity index is 917. The van der Waals surface area contributed by atoms with Gasteiger partial charge in [0.1, 0.15) is 6.04 Å². The Morgan fingerprint density at radius 1 is 1.04 bits per heavy atom. The molecule has 140 valence electrons. The van der Waals surface area contributed by atoms with E-state index >= 15 is 0 Å². The van der Waals surface area contributed by atoms with Gasteiger partial charge in [0.05, 0.1) is 0 Å². The van der Waals surface area contributed by atoms with Crippen LogP contribution in [-0.2, 0) is 16.0 Å². The quantitative estimate of drug-likeness (QED) is 0.603. The Balaban J connectivity index is 1.68. The Labute approximate surface area is 159 Å². The maximum atomic E-state index is 12.7. The van der Waals surface area contributed by atoms with E-state index in [4.69, 9.17) is 0 Å². The molecule has 3 rings (SSSR count). The number of amides is 2. The van der Waals surface area contributed by atoms with Crippen LogP contribution < -0.4 is 10.6 Å². The SMILES string of the molecule is CC(=O)N[C@@H](Cc1c[nH]c2ccccc12)C(=O)NCC(C)c1ccccc1. The third-order valence-electron chi connectivity index (χ3n) is 4.74. The third kappa shape index (κ3) is 4.76. The molecule has 0 fully saturated rings. The van der Waals surface area contributed by atoms with Crippen molar-refractivity contribution in [2.75, 3.05) is 6.54 Å². The van der Waals surface area contributed by atoms with Gasteiger partial charge in [-0.1, -0.05) is 55.5 Å². The van der Waals surface area contributed by atoms with E-state index in [-0.39, 0.29) is 17.7 Å². The van der Waals surface area contributed by atoms with E-state index in [1.54, 1.807) is 0 Å². The molecule has 1 unspecified atom stereocenters. The minimum Gasteiger partial charge on any atom is -0.361 e. The van der Waals surface area contributed by atoms with Gasteiger partial charge in [-0.05, 0) is 23.1 Å². The number of rotatable bonds is 7. The molecular weight excluding hydrogens is 338 g/mol. The highest BCUT2D eigenvalue weighted by atomic mass is 16.2. The lowest BCUT2D eigenvalue weighted by Gasteiger charge is -2.19. The standard InChI is InChI=1S/C22H25N3O2/c1-15(17-8-4-3-5-9-17)13-24-22(27)21(25-16(2)26)12-18-14-23-20-11-7-6-10-19(18)20/h3-11,14-15,21,23H,12-13H2,1-2H3,(H,24,27)(H,25,26)/t15?,21-/m0/s1. The molecule has 5 nitrogen and oxygen atoms in total. The molecule has 0 radical (unpaired) electrons. The third-order valence-corrected chi connectivity index (χ3v) is 4.74. The average molecular weight is 363 g/mol. The van der Waals surface area contributed by atoms with E-state index in [0.717, 1.165) is 16.5 Å². The van der Waals surface area contributed by atoms with Gasteiger partial charge in [-0.15, -0.1) is 0 Å². The van der Waals surface area contributed by atoms with Crippen LogP contribution in [0.4, 0.5) is 0 Å². The molecule has 0 saturated heterocycles. The summed E-state index contributed by atoms with van der Waals surface area (Å²) in [5.74, 6) is -0.189. The van der Waals surface area contributed by atoms with Crippen LogP contribution in [0, 0.1) is 0 Å². The summed E-state index contributed by atoms with van der Waals surface area (Å²) in [4.78, 5) is 27.6. The number of carbonyl (C=O) groups is 2. The van der Waals surface area contributed by atoms with Gasteiger partial charge < -0.3 is 15.6 Å². The Hall–Kier alpha value is -3.08. The van der Waals surface area contributed by atoms with Crippen LogP contribution in [0.15, 0.2) is 60.8 Å². The molecule has 0 bridgehead atoms. The zero-order valence-corrected chi connectivity index (χ0v) is 15.7. The van der Waals surface area contributed by atoms with Gasteiger partial charge in [-0.2, -0.15) is 0 Å². The highest BCUT2D eigenvalue weighted by Crippen LogP contribution is 2.19. The molecule has 1 aromatic heterocycles. The molecule has 0 saturated carbocycles. The lowest BCUT2D eigenvalue weighted by molar-refractivity contribution is -0.128. The van der Waals surface area contributed by atoms with E-state index in [1.807, 2.05) is 60.8 Å². The number of H-pyrrole nitrogens is 1. The fraction of sp³-hybridized carbons (Fsp3) is 0.273. The fourth-order valence-electron chi connectivity index (χ4n) is 3.25. The first-order chi connectivity index (χ1) is 13.0. The average Bonchev–Trinajstić information content (AvgIpc) is 3.08. The van der Waals surface area contributed by atoms with Crippen LogP contribution in [-0.4, -0.2) is 29.4 Å². The van der Waals surface area contributed by atoms with E-state index in [9.17, 15) is 9.59 Å². The summed E-state index contributed by atoms with van der Waals surface area (Å²) < 4.78 is 0. The van der Waals surface area contributed by atoms with Crippen molar-refractivity contribution < 1.29 is 9.59 Å². The summed E-state index contributed by atoms with van der Waals surface area (Å²) in [5, 5.41) is 6.83. The number of nitrogens with one attached hydrogen (secondary N) is 3. The summed E-state index contributed by atoms with van der Waals surface area (Å²) >= 11 is 0. The van der Waals surface area contributed by atoms with Gasteiger partial charge in [-0.25, -0.2) is 0 Å². The molecule has 3 N–H and O–H groups in total. The first-order valence-electron chi connectivity index (χ1n) is 9.19. The molecule has 5 heteroatoms. The van der Waals surface area contributed by atoms with Crippen molar-refractivity contribution in [1.29, 1.82) is 0 Å². The van der Waals surface area contributed by atoms with Crippen molar-refractivity contribution in [3.05, 3.63) is 71.9 Å². The van der Waals surface area contributed by atoms with Gasteiger partial charge in [0.25, 0.3) is 0 Å². The van der Waals surface area contributed by atoms with Crippen molar-refractivity contribution in [1.82, 2.24) is 15.6 Å². The van der Waals surface area contributed by atoms with Crippen molar-refractivity contribution in [2.45, 2.75) is 32.2 Å². The highest BCUT2D eigenvalue weighted by Gasteiger charge is 2.22. The highest BCUT2D eigenvalue weighted by molar-refractivity contribution is 5.89. The molecule has 0 spiro atoms. The van der Waals surface area contributed by atoms with Crippen LogP contribution in [0.25, 0.3) is 10.9 Å². The summed E-state index contributed by atoms with van der Waals surface area (Å²) in [6.45, 7) is 4.03. The lowest BCUT2D eigenvalue weighted by atomic mass is 10.0. The van der Waals surface area contributed by atoms with Crippen LogP contribution in [0.1, 0.15) is 30.9 Å². The van der Waals surface area contributed by atoms with Gasteiger partial charge >= 0.3 is 0 Å². The molecule has 2 amide bonds. The number of aromatic amines is 1. The number of para-hydroxylation sites is 1. The van der Waals surface area contributed by atoms with Crippen molar-refractivity contribution in [3.8, 4) is 0 Å². The predicted octanol–water partition coefficient (Wildman–Crippen LogP) is 3.14. The smallest absolute Gasteiger partial charge is 0.242 e. The molecule has 0 aliphatic carbocycles. The van der Waals surface area contributed by atoms with Gasteiger partial charge in [0, 0.05) is 37.0 Å². The van der Waals surface area contributed by atoms with E-state index < -0.39 is 6.04 Å². The summed E-state index contributed by atoms with van der Waals surface area (Å²) in [7, 11) is 0. The number of hydrogen-bond donors (Lipinski definition) is 3. The van der Waals surface area contributed by atoms with Gasteiger partial charge in [0.15, 0.2) is 0 Å². The maximum absolute atomic E-state index is 12.7. The molecular formula is C22H25N3O2. The van der Waals surface area contributed by atoms with Crippen molar-refractivity contribution in [3.63, 3.8) is 0 Å². The van der Waals surface area contributed by atoms with Crippen LogP contribution in [0.5, 0.6) is 0 Å². The number of carbonyl (C=O) groups excluding carboxylic acids is 2. The van der Waals surface area contributed by atoms with Crippen LogP contribution in [0.2, 0.25) is 0 Å². The molecule has 1 heterocycles. The second-order valence-electron chi connectivity index (χ2n) is 6.87. The Morgan fingerprint density at radius 3 is 2.48 bits per heavy atom. The first-order valence-corrected chi connectivity index (χ1v) is 9.19. The largest absolute Gasteiger partial charge is 0.361 e. The molecule has 0 aliphatic rings. The number of hydrogen-bond acceptors (Lipinski definition) is 2. The minimum atomic E-state index is -0.607. The number of aromatic nitrogens is 1. The summed E-state index contributed by atoms with van der Waals surface area (Å²) in [5.41, 5.74) is 3.20. The fourth-order valence-corrected chi connectivity index (χ4v) is 3.25. The van der Waals surface area contributed by atoms with Gasteiger partial charge in [-0.3, -0.25) is 9.59 Å². The topological polar surface area (TPSA) is 74.0 Å². The minimum absolute atomic E-state index is 0.168. The van der Waals surface area contributed by atoms with Crippen molar-refractivity contribution in [2.24, 2.45) is 0 Å². The molecule has 0 aliphatic heterocycles. The summed E-state index contributed by atoms with van der Waals surface area (Å²) in [6, 6.07) is 17.4. The number of fused-ring (bicyclic) bond motifs is 1. The van der Waals surface area contributed by atoms with Crippen LogP contribution >= 0.6 is 0 Å². The van der Waals surface area contributed by atoms with Gasteiger partial charge in [0.2, 0.25) is 11.8 Å². The summed E-state index contributed by atoms with van der Waals surface area (Å²) in [6.07, 6.45) is 2.34. The maximum Gasteiger partial charge on any atom is 0.242 e. The monoisotopic (exact) mass is 363 g/mol. The Morgan fingerprint density at radius 2 is 1.74 bits per heavy atom. The molecule has 2 atom stereocenters. The second kappa shape index (κ2) is 8.54. The van der Waals surface area contributed by atoms with Crippen LogP contribution in [0.3, 0.4) is 0 Å². The lowest BCUT2D eigenvalue weighted by Crippen LogP contribution is -2.48. The molecule has 27 heavy (non-hydrogen) atoms. The Kier molecular flexibility index (Phi) is 5.91.